The van der Waals surface area contributed by atoms with Crippen LogP contribution in [0.15, 0.2) is 72.0 Å². The molecule has 3 rings (SSSR count). The SMILES string of the molecule is Cc1cccc(S(=O)(=O)NCCC(=O)NCc2ccnc(-c3cccnc3)c2)c1. The molecule has 8 heteroatoms. The molecule has 1 aromatic carbocycles. The second kappa shape index (κ2) is 9.40. The molecule has 0 fully saturated rings. The van der Waals surface area contributed by atoms with Crippen LogP contribution >= 0.6 is 0 Å². The van der Waals surface area contributed by atoms with Crippen molar-refractivity contribution in [3.63, 3.8) is 0 Å². The summed E-state index contributed by atoms with van der Waals surface area (Å²) in [6, 6.07) is 14.1. The summed E-state index contributed by atoms with van der Waals surface area (Å²) in [6.07, 6.45) is 5.15. The minimum absolute atomic E-state index is 0.0272. The molecule has 0 atom stereocenters. The summed E-state index contributed by atoms with van der Waals surface area (Å²) in [4.78, 5) is 20.7. The molecule has 0 radical (unpaired) electrons. The first-order valence-electron chi connectivity index (χ1n) is 9.12. The summed E-state index contributed by atoms with van der Waals surface area (Å²) in [5.74, 6) is -0.239. The Hall–Kier alpha value is -3.10. The lowest BCUT2D eigenvalue weighted by molar-refractivity contribution is -0.121. The normalized spacial score (nSPS) is 11.2. The van der Waals surface area contributed by atoms with Crippen LogP contribution in [-0.2, 0) is 21.4 Å². The van der Waals surface area contributed by atoms with Gasteiger partial charge in [-0.1, -0.05) is 12.1 Å². The van der Waals surface area contributed by atoms with Gasteiger partial charge in [0.05, 0.1) is 10.6 Å². The Bertz CT molecular complexity index is 1090. The van der Waals surface area contributed by atoms with Gasteiger partial charge in [0.2, 0.25) is 15.9 Å². The van der Waals surface area contributed by atoms with Crippen LogP contribution in [0.25, 0.3) is 11.3 Å². The lowest BCUT2D eigenvalue weighted by Crippen LogP contribution is -2.30. The second-order valence-corrected chi connectivity index (χ2v) is 8.30. The first-order chi connectivity index (χ1) is 13.9. The Labute approximate surface area is 170 Å². The molecule has 2 heterocycles. The Morgan fingerprint density at radius 2 is 1.93 bits per heavy atom. The molecule has 0 aliphatic heterocycles. The van der Waals surface area contributed by atoms with E-state index >= 15 is 0 Å². The number of nitrogens with one attached hydrogen (secondary N) is 2. The molecule has 150 valence electrons. The van der Waals surface area contributed by atoms with Gasteiger partial charge in [-0.25, -0.2) is 13.1 Å². The van der Waals surface area contributed by atoms with Crippen LogP contribution in [0.4, 0.5) is 0 Å². The van der Waals surface area contributed by atoms with Crippen LogP contribution in [0.2, 0.25) is 0 Å². The predicted octanol–water partition coefficient (Wildman–Crippen LogP) is 2.44. The van der Waals surface area contributed by atoms with Crippen molar-refractivity contribution in [2.24, 2.45) is 0 Å². The molecular weight excluding hydrogens is 388 g/mol. The van der Waals surface area contributed by atoms with Gasteiger partial charge in [-0.2, -0.15) is 0 Å². The third kappa shape index (κ3) is 5.94. The number of pyridine rings is 2. The van der Waals surface area contributed by atoms with E-state index in [1.807, 2.05) is 37.3 Å². The zero-order valence-corrected chi connectivity index (χ0v) is 16.8. The molecule has 0 aliphatic carbocycles. The van der Waals surface area contributed by atoms with Gasteiger partial charge in [0, 0.05) is 43.7 Å². The number of amides is 1. The van der Waals surface area contributed by atoms with Gasteiger partial charge in [-0.3, -0.25) is 14.8 Å². The van der Waals surface area contributed by atoms with Crippen molar-refractivity contribution in [2.75, 3.05) is 6.54 Å². The number of hydrogen-bond acceptors (Lipinski definition) is 5. The second-order valence-electron chi connectivity index (χ2n) is 6.53. The van der Waals surface area contributed by atoms with Gasteiger partial charge in [-0.05, 0) is 54.4 Å². The maximum atomic E-state index is 12.3. The monoisotopic (exact) mass is 410 g/mol. The van der Waals surface area contributed by atoms with Crippen molar-refractivity contribution in [2.45, 2.75) is 24.8 Å². The van der Waals surface area contributed by atoms with Gasteiger partial charge < -0.3 is 5.32 Å². The van der Waals surface area contributed by atoms with Gasteiger partial charge >= 0.3 is 0 Å². The van der Waals surface area contributed by atoms with Crippen LogP contribution in [0.5, 0.6) is 0 Å². The number of rotatable bonds is 8. The van der Waals surface area contributed by atoms with E-state index < -0.39 is 10.0 Å². The van der Waals surface area contributed by atoms with Crippen molar-refractivity contribution < 1.29 is 13.2 Å². The van der Waals surface area contributed by atoms with Crippen molar-refractivity contribution >= 4 is 15.9 Å². The predicted molar refractivity (Wildman–Crippen MR) is 110 cm³/mol. The fourth-order valence-corrected chi connectivity index (χ4v) is 3.85. The van der Waals surface area contributed by atoms with E-state index in [9.17, 15) is 13.2 Å². The highest BCUT2D eigenvalue weighted by molar-refractivity contribution is 7.89. The molecule has 0 aliphatic rings. The number of sulfonamides is 1. The van der Waals surface area contributed by atoms with Crippen molar-refractivity contribution in [3.8, 4) is 11.3 Å². The summed E-state index contributed by atoms with van der Waals surface area (Å²) in [5.41, 5.74) is 3.42. The van der Waals surface area contributed by atoms with Crippen LogP contribution in [0.3, 0.4) is 0 Å². The maximum Gasteiger partial charge on any atom is 0.240 e. The smallest absolute Gasteiger partial charge is 0.240 e. The van der Waals surface area contributed by atoms with Crippen molar-refractivity contribution in [1.29, 1.82) is 0 Å². The zero-order valence-electron chi connectivity index (χ0n) is 16.0. The van der Waals surface area contributed by atoms with Crippen molar-refractivity contribution in [1.82, 2.24) is 20.0 Å². The van der Waals surface area contributed by atoms with E-state index in [2.05, 4.69) is 20.0 Å². The third-order valence-electron chi connectivity index (χ3n) is 4.22. The average molecular weight is 410 g/mol. The maximum absolute atomic E-state index is 12.3. The van der Waals surface area contributed by atoms with Crippen LogP contribution in [-0.4, -0.2) is 30.8 Å². The van der Waals surface area contributed by atoms with Crippen molar-refractivity contribution in [3.05, 3.63) is 78.2 Å². The van der Waals surface area contributed by atoms with Gasteiger partial charge in [0.1, 0.15) is 0 Å². The fourth-order valence-electron chi connectivity index (χ4n) is 2.71. The van der Waals surface area contributed by atoms with Crippen LogP contribution in [0.1, 0.15) is 17.5 Å². The van der Waals surface area contributed by atoms with E-state index in [1.54, 1.807) is 30.7 Å². The molecule has 0 saturated heterocycles. The van der Waals surface area contributed by atoms with Gasteiger partial charge in [0.15, 0.2) is 0 Å². The highest BCUT2D eigenvalue weighted by Gasteiger charge is 2.14. The molecule has 7 nitrogen and oxygen atoms in total. The molecule has 0 spiro atoms. The first kappa shape index (κ1) is 20.6. The summed E-state index contributed by atoms with van der Waals surface area (Å²) >= 11 is 0. The summed E-state index contributed by atoms with van der Waals surface area (Å²) in [6.45, 7) is 2.18. The lowest BCUT2D eigenvalue weighted by Gasteiger charge is -2.09. The summed E-state index contributed by atoms with van der Waals surface area (Å²) < 4.78 is 27.0. The average Bonchev–Trinajstić information content (AvgIpc) is 2.73. The number of carbonyl (C=O) groups is 1. The van der Waals surface area contributed by atoms with E-state index in [1.165, 1.54) is 6.07 Å². The Morgan fingerprint density at radius 3 is 2.69 bits per heavy atom. The van der Waals surface area contributed by atoms with Gasteiger partial charge in [0.25, 0.3) is 0 Å². The molecule has 0 bridgehead atoms. The molecule has 1 amide bonds. The van der Waals surface area contributed by atoms with Gasteiger partial charge in [-0.15, -0.1) is 0 Å². The highest BCUT2D eigenvalue weighted by Crippen LogP contribution is 2.16. The number of hydrogen-bond donors (Lipinski definition) is 2. The highest BCUT2D eigenvalue weighted by atomic mass is 32.2. The van der Waals surface area contributed by atoms with Crippen LogP contribution in [0, 0.1) is 6.92 Å². The topological polar surface area (TPSA) is 101 Å². The molecule has 2 N–H and O–H groups in total. The van der Waals surface area contributed by atoms with E-state index in [-0.39, 0.29) is 23.8 Å². The molecule has 0 saturated carbocycles. The minimum Gasteiger partial charge on any atom is -0.352 e. The number of aryl methyl sites for hydroxylation is 1. The van der Waals surface area contributed by atoms with E-state index in [0.29, 0.717) is 6.54 Å². The molecule has 0 unspecified atom stereocenters. The zero-order chi connectivity index (χ0) is 20.7. The largest absolute Gasteiger partial charge is 0.352 e. The Kier molecular flexibility index (Phi) is 6.69. The Morgan fingerprint density at radius 1 is 1.07 bits per heavy atom. The standard InChI is InChI=1S/C21H22N4O3S/c1-16-4-2-6-19(12-16)29(27,28)25-11-8-21(26)24-14-17-7-10-23-20(13-17)18-5-3-9-22-15-18/h2-7,9-10,12-13,15,25H,8,11,14H2,1H3,(H,24,26). The summed E-state index contributed by atoms with van der Waals surface area (Å²) in [5, 5.41) is 2.80. The molecule has 3 aromatic rings. The molecule has 2 aromatic heterocycles. The lowest BCUT2D eigenvalue weighted by atomic mass is 10.1. The fraction of sp³-hybridized carbons (Fsp3) is 0.190. The first-order valence-corrected chi connectivity index (χ1v) is 10.6. The van der Waals surface area contributed by atoms with Crippen LogP contribution < -0.4 is 10.0 Å². The number of benzene rings is 1. The Balaban J connectivity index is 1.49. The number of aromatic nitrogens is 2. The number of nitrogens with zero attached hydrogens (tertiary/aromatic N) is 2. The molecule has 29 heavy (non-hydrogen) atoms. The van der Waals surface area contributed by atoms with E-state index in [4.69, 9.17) is 0 Å². The van der Waals surface area contributed by atoms with E-state index in [0.717, 1.165) is 22.4 Å². The summed E-state index contributed by atoms with van der Waals surface area (Å²) in [7, 11) is -3.63. The quantitative estimate of drug-likeness (QED) is 0.594. The number of carbonyl (C=O) groups excluding carboxylic acids is 1. The third-order valence-corrected chi connectivity index (χ3v) is 5.67. The minimum atomic E-state index is -3.63. The molecular formula is C21H22N4O3S.